The zero-order valence-electron chi connectivity index (χ0n) is 12.7. The molecule has 2 fully saturated rings. The third kappa shape index (κ3) is 1.74. The molecule has 0 radical (unpaired) electrons. The lowest BCUT2D eigenvalue weighted by atomic mass is 9.71. The molecule has 2 nitrogen and oxygen atoms in total. The van der Waals surface area contributed by atoms with Gasteiger partial charge in [-0.2, -0.15) is 0 Å². The monoisotopic (exact) mass is 271 g/mol. The van der Waals surface area contributed by atoms with Crippen LogP contribution in [0.3, 0.4) is 0 Å². The Bertz CT molecular complexity index is 526. The number of hydrogen-bond donors (Lipinski definition) is 0. The fourth-order valence-electron chi connectivity index (χ4n) is 5.07. The molecule has 0 amide bonds. The molecule has 0 bridgehead atoms. The van der Waals surface area contributed by atoms with Crippen molar-refractivity contribution < 1.29 is 4.74 Å². The van der Waals surface area contributed by atoms with Gasteiger partial charge in [-0.15, -0.1) is 0 Å². The van der Waals surface area contributed by atoms with Gasteiger partial charge in [-0.05, 0) is 60.8 Å². The van der Waals surface area contributed by atoms with Crippen molar-refractivity contribution in [3.63, 3.8) is 0 Å². The van der Waals surface area contributed by atoms with Gasteiger partial charge in [0.05, 0.1) is 7.11 Å². The number of nitrogens with zero attached hydrogens (tertiary/aromatic N) is 1. The van der Waals surface area contributed by atoms with Gasteiger partial charge >= 0.3 is 0 Å². The highest BCUT2D eigenvalue weighted by atomic mass is 16.5. The van der Waals surface area contributed by atoms with Crippen LogP contribution >= 0.6 is 0 Å². The average Bonchev–Trinajstić information content (AvgIpc) is 2.88. The van der Waals surface area contributed by atoms with Crippen molar-refractivity contribution in [3.05, 3.63) is 29.3 Å². The lowest BCUT2D eigenvalue weighted by Crippen LogP contribution is -2.51. The highest BCUT2D eigenvalue weighted by molar-refractivity contribution is 5.40. The van der Waals surface area contributed by atoms with Crippen molar-refractivity contribution in [3.8, 4) is 5.75 Å². The van der Waals surface area contributed by atoms with Gasteiger partial charge in [-0.25, -0.2) is 0 Å². The van der Waals surface area contributed by atoms with Crippen LogP contribution in [0.5, 0.6) is 5.75 Å². The topological polar surface area (TPSA) is 12.5 Å². The molecule has 0 N–H and O–H groups in total. The molecule has 1 aromatic carbocycles. The van der Waals surface area contributed by atoms with Crippen molar-refractivity contribution in [2.24, 2.45) is 5.41 Å². The van der Waals surface area contributed by atoms with Gasteiger partial charge < -0.3 is 4.74 Å². The summed E-state index contributed by atoms with van der Waals surface area (Å²) in [7, 11) is 1.77. The minimum atomic E-state index is 0.598. The van der Waals surface area contributed by atoms with E-state index in [1.54, 1.807) is 12.7 Å². The summed E-state index contributed by atoms with van der Waals surface area (Å²) in [6.07, 6.45) is 8.22. The molecule has 0 unspecified atom stereocenters. The van der Waals surface area contributed by atoms with Crippen LogP contribution in [0.15, 0.2) is 18.2 Å². The largest absolute Gasteiger partial charge is 0.497 e. The minimum Gasteiger partial charge on any atom is -0.497 e. The first kappa shape index (κ1) is 12.7. The van der Waals surface area contributed by atoms with Crippen LogP contribution in [0.1, 0.15) is 56.2 Å². The molecule has 108 valence electrons. The lowest BCUT2D eigenvalue weighted by Gasteiger charge is -2.51. The van der Waals surface area contributed by atoms with Crippen LogP contribution in [0.25, 0.3) is 0 Å². The number of piperidine rings is 1. The number of hydrogen-bond acceptors (Lipinski definition) is 2. The van der Waals surface area contributed by atoms with Crippen LogP contribution in [0, 0.1) is 5.41 Å². The standard InChI is InChI=1S/C18H25NO/c1-18-9-3-4-17(18)19-11-8-13-12-14(20-2)5-6-15(13)16(19)7-10-18/h5-6,12,16-17H,3-4,7-11H2,1-2H3/t16-,17+,18+/m1/s1. The number of benzene rings is 1. The summed E-state index contributed by atoms with van der Waals surface area (Å²) >= 11 is 0. The zero-order chi connectivity index (χ0) is 13.7. The molecule has 2 heterocycles. The van der Waals surface area contributed by atoms with Gasteiger partial charge in [0.2, 0.25) is 0 Å². The molecular formula is C18H25NO. The average molecular weight is 271 g/mol. The fraction of sp³-hybridized carbons (Fsp3) is 0.667. The smallest absolute Gasteiger partial charge is 0.119 e. The molecule has 4 rings (SSSR count). The Hall–Kier alpha value is -1.02. The quantitative estimate of drug-likeness (QED) is 0.767. The molecule has 3 aliphatic rings. The third-order valence-electron chi connectivity index (χ3n) is 6.17. The lowest BCUT2D eigenvalue weighted by molar-refractivity contribution is -0.00248. The van der Waals surface area contributed by atoms with Gasteiger partial charge in [0.1, 0.15) is 5.75 Å². The second-order valence-electron chi connectivity index (χ2n) is 7.17. The molecule has 1 saturated carbocycles. The van der Waals surface area contributed by atoms with E-state index in [1.165, 1.54) is 50.6 Å². The molecule has 0 aromatic heterocycles. The maximum absolute atomic E-state index is 5.39. The van der Waals surface area contributed by atoms with Crippen molar-refractivity contribution in [1.82, 2.24) is 4.90 Å². The second kappa shape index (κ2) is 4.49. The molecule has 0 spiro atoms. The van der Waals surface area contributed by atoms with Crippen molar-refractivity contribution >= 4 is 0 Å². The van der Waals surface area contributed by atoms with Crippen molar-refractivity contribution in [2.75, 3.05) is 13.7 Å². The summed E-state index contributed by atoms with van der Waals surface area (Å²) in [5.41, 5.74) is 3.69. The Balaban J connectivity index is 1.69. The van der Waals surface area contributed by atoms with Crippen LogP contribution in [0.4, 0.5) is 0 Å². The Labute approximate surface area is 122 Å². The van der Waals surface area contributed by atoms with E-state index in [9.17, 15) is 0 Å². The van der Waals surface area contributed by atoms with Gasteiger partial charge in [-0.1, -0.05) is 19.4 Å². The summed E-state index contributed by atoms with van der Waals surface area (Å²) in [5, 5.41) is 0. The van der Waals surface area contributed by atoms with E-state index in [2.05, 4.69) is 30.0 Å². The van der Waals surface area contributed by atoms with E-state index in [1.807, 2.05) is 0 Å². The highest BCUT2D eigenvalue weighted by Crippen LogP contribution is 2.53. The first-order valence-electron chi connectivity index (χ1n) is 8.14. The molecular weight excluding hydrogens is 246 g/mol. The molecule has 1 aromatic rings. The first-order valence-corrected chi connectivity index (χ1v) is 8.14. The predicted molar refractivity (Wildman–Crippen MR) is 81.1 cm³/mol. The van der Waals surface area contributed by atoms with E-state index in [-0.39, 0.29) is 0 Å². The normalized spacial score (nSPS) is 36.1. The van der Waals surface area contributed by atoms with Crippen LogP contribution in [0.2, 0.25) is 0 Å². The van der Waals surface area contributed by atoms with Gasteiger partial charge in [0.15, 0.2) is 0 Å². The Morgan fingerprint density at radius 2 is 2.15 bits per heavy atom. The van der Waals surface area contributed by atoms with E-state index < -0.39 is 0 Å². The van der Waals surface area contributed by atoms with E-state index in [4.69, 9.17) is 4.74 Å². The summed E-state index contributed by atoms with van der Waals surface area (Å²) in [6.45, 7) is 3.77. The summed E-state index contributed by atoms with van der Waals surface area (Å²) in [5.74, 6) is 1.01. The van der Waals surface area contributed by atoms with E-state index in [0.29, 0.717) is 11.5 Å². The Morgan fingerprint density at radius 1 is 1.25 bits per heavy atom. The SMILES string of the molecule is COc1ccc2c(c1)CCN1[C@@H]2CC[C@]2(C)CCC[C@H]12. The number of rotatable bonds is 1. The highest BCUT2D eigenvalue weighted by Gasteiger charge is 2.48. The molecule has 2 aliphatic heterocycles. The molecule has 3 atom stereocenters. The molecule has 20 heavy (non-hydrogen) atoms. The third-order valence-corrected chi connectivity index (χ3v) is 6.17. The summed E-state index contributed by atoms with van der Waals surface area (Å²) in [6, 6.07) is 8.22. The summed E-state index contributed by atoms with van der Waals surface area (Å²) in [4.78, 5) is 2.84. The maximum atomic E-state index is 5.39. The fourth-order valence-corrected chi connectivity index (χ4v) is 5.07. The van der Waals surface area contributed by atoms with Gasteiger partial charge in [0.25, 0.3) is 0 Å². The maximum Gasteiger partial charge on any atom is 0.119 e. The second-order valence-corrected chi connectivity index (χ2v) is 7.17. The minimum absolute atomic E-state index is 0.598. The van der Waals surface area contributed by atoms with Crippen molar-refractivity contribution in [1.29, 1.82) is 0 Å². The summed E-state index contributed by atoms with van der Waals surface area (Å²) < 4.78 is 5.39. The predicted octanol–water partition coefficient (Wildman–Crippen LogP) is 3.95. The number of ether oxygens (including phenoxy) is 1. The van der Waals surface area contributed by atoms with E-state index >= 15 is 0 Å². The number of methoxy groups -OCH3 is 1. The van der Waals surface area contributed by atoms with Crippen LogP contribution < -0.4 is 4.74 Å². The molecule has 1 saturated heterocycles. The van der Waals surface area contributed by atoms with Gasteiger partial charge in [0, 0.05) is 18.6 Å². The van der Waals surface area contributed by atoms with Gasteiger partial charge in [-0.3, -0.25) is 4.90 Å². The Kier molecular flexibility index (Phi) is 2.85. The van der Waals surface area contributed by atoms with Crippen molar-refractivity contribution in [2.45, 2.75) is 57.5 Å². The molecule has 1 aliphatic carbocycles. The zero-order valence-corrected chi connectivity index (χ0v) is 12.7. The Morgan fingerprint density at radius 3 is 3.00 bits per heavy atom. The number of fused-ring (bicyclic) bond motifs is 5. The molecule has 2 heteroatoms. The first-order chi connectivity index (χ1) is 9.71. The van der Waals surface area contributed by atoms with Crippen LogP contribution in [-0.4, -0.2) is 24.6 Å². The van der Waals surface area contributed by atoms with E-state index in [0.717, 1.165) is 11.8 Å². The van der Waals surface area contributed by atoms with Crippen LogP contribution in [-0.2, 0) is 6.42 Å².